The van der Waals surface area contributed by atoms with Gasteiger partial charge in [-0.1, -0.05) is 11.6 Å². The standard InChI is InChI=1S/C30H48N2O6/c1-20(2)7-8-22-27(3,38-22)24-23(36-5)21(9-10-30(24)19-37-30)32-26(34)29-14-11-28(12-15-29,13-16-29)25(33)31-17-6-18-35-4/h7,21-24H,6,8-19H2,1-5H3,(H,31,33)(H,32,34)/t21-,22-,23-,24-,27?,28?,29?,30+/m1/s1. The number of hydrogen-bond donors (Lipinski definition) is 2. The molecule has 8 heteroatoms. The van der Waals surface area contributed by atoms with Crippen LogP contribution in [0, 0.1) is 16.7 Å². The zero-order chi connectivity index (χ0) is 27.2. The summed E-state index contributed by atoms with van der Waals surface area (Å²) in [4.78, 5) is 26.9. The minimum Gasteiger partial charge on any atom is -0.385 e. The Morgan fingerprint density at radius 1 is 1.00 bits per heavy atom. The molecule has 4 saturated carbocycles. The molecule has 0 aromatic heterocycles. The molecule has 0 radical (unpaired) electrons. The summed E-state index contributed by atoms with van der Waals surface area (Å²) in [6, 6.07) is -0.0653. The zero-order valence-corrected chi connectivity index (χ0v) is 24.0. The van der Waals surface area contributed by atoms with Gasteiger partial charge in [0.1, 0.15) is 5.60 Å². The molecule has 8 nitrogen and oxygen atoms in total. The second-order valence-electron chi connectivity index (χ2n) is 13.1. The highest BCUT2D eigenvalue weighted by molar-refractivity contribution is 5.87. The van der Waals surface area contributed by atoms with Crippen molar-refractivity contribution in [2.24, 2.45) is 16.7 Å². The summed E-state index contributed by atoms with van der Waals surface area (Å²) in [6.45, 7) is 8.46. The highest BCUT2D eigenvalue weighted by atomic mass is 16.6. The number of rotatable bonds is 11. The van der Waals surface area contributed by atoms with Gasteiger partial charge in [0.25, 0.3) is 0 Å². The van der Waals surface area contributed by atoms with Gasteiger partial charge in [0.15, 0.2) is 0 Å². The van der Waals surface area contributed by atoms with Crippen molar-refractivity contribution in [3.8, 4) is 0 Å². The lowest BCUT2D eigenvalue weighted by Crippen LogP contribution is -2.62. The molecule has 6 fully saturated rings. The molecule has 6 atom stereocenters. The van der Waals surface area contributed by atoms with Gasteiger partial charge in [0, 0.05) is 44.1 Å². The number of carbonyl (C=O) groups excluding carboxylic acids is 2. The molecule has 2 aliphatic heterocycles. The number of epoxide rings is 2. The molecular weight excluding hydrogens is 484 g/mol. The van der Waals surface area contributed by atoms with Crippen LogP contribution in [0.15, 0.2) is 11.6 Å². The lowest BCUT2D eigenvalue weighted by molar-refractivity contribution is -0.153. The van der Waals surface area contributed by atoms with Gasteiger partial charge in [0.2, 0.25) is 11.8 Å². The van der Waals surface area contributed by atoms with Crippen LogP contribution >= 0.6 is 0 Å². The monoisotopic (exact) mass is 532 g/mol. The van der Waals surface area contributed by atoms with Gasteiger partial charge in [-0.05, 0) is 85.0 Å². The maximum atomic E-state index is 13.9. The van der Waals surface area contributed by atoms with Gasteiger partial charge in [-0.15, -0.1) is 0 Å². The predicted molar refractivity (Wildman–Crippen MR) is 144 cm³/mol. The Morgan fingerprint density at radius 3 is 2.18 bits per heavy atom. The Hall–Kier alpha value is -1.48. The maximum absolute atomic E-state index is 13.9. The number of allylic oxidation sites excluding steroid dienone is 1. The fraction of sp³-hybridized carbons (Fsp3) is 0.867. The van der Waals surface area contributed by atoms with Gasteiger partial charge in [-0.25, -0.2) is 0 Å². The molecule has 2 N–H and O–H groups in total. The van der Waals surface area contributed by atoms with Gasteiger partial charge in [-0.3, -0.25) is 9.59 Å². The zero-order valence-electron chi connectivity index (χ0n) is 24.0. The van der Waals surface area contributed by atoms with E-state index >= 15 is 0 Å². The number of fused-ring (bicyclic) bond motifs is 3. The van der Waals surface area contributed by atoms with Crippen molar-refractivity contribution < 1.29 is 28.5 Å². The number of amides is 2. The molecule has 0 aromatic rings. The van der Waals surface area contributed by atoms with Crippen LogP contribution in [0.1, 0.15) is 85.0 Å². The minimum absolute atomic E-state index is 0.0653. The molecule has 2 bridgehead atoms. The predicted octanol–water partition coefficient (Wildman–Crippen LogP) is 3.67. The van der Waals surface area contributed by atoms with E-state index in [0.717, 1.165) is 70.8 Å². The molecule has 38 heavy (non-hydrogen) atoms. The van der Waals surface area contributed by atoms with Crippen LogP contribution < -0.4 is 10.6 Å². The molecule has 2 amide bonds. The summed E-state index contributed by atoms with van der Waals surface area (Å²) in [5.74, 6) is 0.388. The normalized spacial score (nSPS) is 43.0. The summed E-state index contributed by atoms with van der Waals surface area (Å²) in [7, 11) is 3.43. The first-order valence-corrected chi connectivity index (χ1v) is 14.7. The summed E-state index contributed by atoms with van der Waals surface area (Å²) in [6.07, 6.45) is 10.4. The van der Waals surface area contributed by atoms with E-state index in [2.05, 4.69) is 37.5 Å². The van der Waals surface area contributed by atoms with Crippen molar-refractivity contribution in [3.63, 3.8) is 0 Å². The third kappa shape index (κ3) is 4.95. The third-order valence-electron chi connectivity index (χ3n) is 10.6. The summed E-state index contributed by atoms with van der Waals surface area (Å²) >= 11 is 0. The van der Waals surface area contributed by atoms with Crippen LogP contribution in [0.3, 0.4) is 0 Å². The lowest BCUT2D eigenvalue weighted by atomic mass is 9.53. The highest BCUT2D eigenvalue weighted by Gasteiger charge is 2.72. The van der Waals surface area contributed by atoms with Gasteiger partial charge in [-0.2, -0.15) is 0 Å². The fourth-order valence-electron chi connectivity index (χ4n) is 7.94. The Kier molecular flexibility index (Phi) is 7.75. The molecule has 1 spiro atoms. The first kappa shape index (κ1) is 28.1. The van der Waals surface area contributed by atoms with E-state index in [1.165, 1.54) is 5.57 Å². The van der Waals surface area contributed by atoms with Crippen LogP contribution in [0.25, 0.3) is 0 Å². The number of carbonyl (C=O) groups is 2. The van der Waals surface area contributed by atoms with E-state index < -0.39 is 0 Å². The van der Waals surface area contributed by atoms with Crippen LogP contribution in [0.4, 0.5) is 0 Å². The topological polar surface area (TPSA) is 102 Å². The van der Waals surface area contributed by atoms with E-state index in [4.69, 9.17) is 18.9 Å². The first-order valence-electron chi connectivity index (χ1n) is 14.7. The van der Waals surface area contributed by atoms with Crippen molar-refractivity contribution in [1.29, 1.82) is 0 Å². The summed E-state index contributed by atoms with van der Waals surface area (Å²) in [5, 5.41) is 6.57. The number of hydrogen-bond acceptors (Lipinski definition) is 6. The average molecular weight is 533 g/mol. The van der Waals surface area contributed by atoms with Crippen molar-refractivity contribution in [2.75, 3.05) is 34.0 Å². The van der Waals surface area contributed by atoms with Crippen molar-refractivity contribution in [1.82, 2.24) is 10.6 Å². The Bertz CT molecular complexity index is 916. The lowest BCUT2D eigenvalue weighted by Gasteiger charge is -2.52. The Labute approximate surface area is 227 Å². The molecule has 0 aromatic carbocycles. The van der Waals surface area contributed by atoms with Crippen molar-refractivity contribution in [2.45, 2.75) is 114 Å². The van der Waals surface area contributed by atoms with E-state index in [9.17, 15) is 9.59 Å². The second kappa shape index (κ2) is 10.5. The van der Waals surface area contributed by atoms with Crippen LogP contribution in [-0.2, 0) is 28.5 Å². The average Bonchev–Trinajstić information content (AvgIpc) is 3.84. The molecular formula is C30H48N2O6. The quantitative estimate of drug-likeness (QED) is 0.239. The van der Waals surface area contributed by atoms with Crippen LogP contribution in [0.5, 0.6) is 0 Å². The molecule has 2 saturated heterocycles. The molecule has 6 rings (SSSR count). The first-order chi connectivity index (χ1) is 18.1. The van der Waals surface area contributed by atoms with Gasteiger partial charge in [0.05, 0.1) is 30.5 Å². The minimum atomic E-state index is -0.372. The number of nitrogens with one attached hydrogen (secondary N) is 2. The number of ether oxygens (including phenoxy) is 4. The molecule has 1 unspecified atom stereocenters. The molecule has 214 valence electrons. The Morgan fingerprint density at radius 2 is 1.63 bits per heavy atom. The molecule has 4 aliphatic carbocycles. The third-order valence-corrected chi connectivity index (χ3v) is 10.6. The van der Waals surface area contributed by atoms with E-state index in [1.807, 2.05) is 0 Å². The van der Waals surface area contributed by atoms with Gasteiger partial charge >= 0.3 is 0 Å². The highest BCUT2D eigenvalue weighted by Crippen LogP contribution is 2.60. The van der Waals surface area contributed by atoms with E-state index in [0.29, 0.717) is 13.2 Å². The van der Waals surface area contributed by atoms with Crippen LogP contribution in [-0.4, -0.2) is 75.2 Å². The fourth-order valence-corrected chi connectivity index (χ4v) is 7.94. The Balaban J connectivity index is 1.22. The largest absolute Gasteiger partial charge is 0.385 e. The number of methoxy groups -OCH3 is 2. The van der Waals surface area contributed by atoms with Gasteiger partial charge < -0.3 is 29.6 Å². The van der Waals surface area contributed by atoms with E-state index in [1.54, 1.807) is 14.2 Å². The second-order valence-corrected chi connectivity index (χ2v) is 13.1. The maximum Gasteiger partial charge on any atom is 0.226 e. The van der Waals surface area contributed by atoms with Crippen molar-refractivity contribution in [3.05, 3.63) is 11.6 Å². The van der Waals surface area contributed by atoms with Crippen LogP contribution in [0.2, 0.25) is 0 Å². The van der Waals surface area contributed by atoms with E-state index in [-0.39, 0.29) is 58.0 Å². The molecule has 6 aliphatic rings. The summed E-state index contributed by atoms with van der Waals surface area (Å²) in [5.41, 5.74) is 0.109. The van der Waals surface area contributed by atoms with Crippen molar-refractivity contribution >= 4 is 11.8 Å². The summed E-state index contributed by atoms with van der Waals surface area (Å²) < 4.78 is 23.7. The smallest absolute Gasteiger partial charge is 0.226 e. The molecule has 2 heterocycles. The SMILES string of the molecule is COCCCNC(=O)C12CCC(C(=O)N[C@@H]3CC[C@]4(CO4)[C@@H](C4(C)O[C@@H]4CC=C(C)C)[C@@H]3OC)(CC1)CC2.